The molecule has 104 valence electrons. The lowest BCUT2D eigenvalue weighted by Crippen LogP contribution is -2.11. The number of fused-ring (bicyclic) bond motifs is 3. The zero-order valence-electron chi connectivity index (χ0n) is 11.5. The monoisotopic (exact) mass is 297 g/mol. The minimum absolute atomic E-state index is 0.576. The summed E-state index contributed by atoms with van der Waals surface area (Å²) in [5.41, 5.74) is 4.93. The molecule has 4 rings (SSSR count). The van der Waals surface area contributed by atoms with Crippen molar-refractivity contribution >= 4 is 45.8 Å². The number of nitrogens with one attached hydrogen (secondary N) is 2. The van der Waals surface area contributed by atoms with Gasteiger partial charge in [0.05, 0.1) is 21.7 Å². The van der Waals surface area contributed by atoms with E-state index in [1.54, 1.807) is 6.20 Å². The van der Waals surface area contributed by atoms with Crippen LogP contribution in [-0.2, 0) is 0 Å². The quantitative estimate of drug-likeness (QED) is 0.512. The fourth-order valence-corrected chi connectivity index (χ4v) is 2.52. The summed E-state index contributed by atoms with van der Waals surface area (Å²) in [4.78, 5) is 13.5. The molecule has 0 unspecified atom stereocenters. The lowest BCUT2D eigenvalue weighted by molar-refractivity contribution is 1.19. The second-order valence-electron chi connectivity index (χ2n) is 5.15. The maximum Gasteiger partial charge on any atom is 0.175 e. The van der Waals surface area contributed by atoms with E-state index in [0.29, 0.717) is 22.5 Å². The van der Waals surface area contributed by atoms with Gasteiger partial charge in [0.2, 0.25) is 0 Å². The molecular weight excluding hydrogens is 286 g/mol. The van der Waals surface area contributed by atoms with Crippen molar-refractivity contribution in [3.8, 4) is 0 Å². The Balaban J connectivity index is 1.89. The second kappa shape index (κ2) is 4.30. The summed E-state index contributed by atoms with van der Waals surface area (Å²) in [7, 11) is 0. The first kappa shape index (κ1) is 12.3. The van der Waals surface area contributed by atoms with Crippen LogP contribution in [0.2, 0.25) is 5.02 Å². The predicted octanol–water partition coefficient (Wildman–Crippen LogP) is 4.10. The van der Waals surface area contributed by atoms with Crippen LogP contribution in [0.15, 0.2) is 24.4 Å². The van der Waals surface area contributed by atoms with Gasteiger partial charge < -0.3 is 10.6 Å². The topological polar surface area (TPSA) is 62.7 Å². The standard InChI is InChI=1S/C15H12ClN5/c1-7-3-10-11(4-8(7)2)19-15-14(18-10)20-12-5-9(16)6-17-13(12)21-15/h3-6H,1-2H3,(H,18,20)(H,17,19,21). The van der Waals surface area contributed by atoms with Crippen molar-refractivity contribution in [1.29, 1.82) is 0 Å². The first-order valence-electron chi connectivity index (χ1n) is 6.59. The Kier molecular flexibility index (Phi) is 2.53. The van der Waals surface area contributed by atoms with Gasteiger partial charge in [-0.3, -0.25) is 0 Å². The fraction of sp³-hybridized carbons (Fsp3) is 0.133. The van der Waals surface area contributed by atoms with Crippen molar-refractivity contribution in [1.82, 2.24) is 15.0 Å². The molecule has 0 spiro atoms. The van der Waals surface area contributed by atoms with Gasteiger partial charge in [-0.15, -0.1) is 0 Å². The Morgan fingerprint density at radius 2 is 1.48 bits per heavy atom. The van der Waals surface area contributed by atoms with Gasteiger partial charge in [0.1, 0.15) is 0 Å². The highest BCUT2D eigenvalue weighted by atomic mass is 35.5. The molecule has 0 radical (unpaired) electrons. The molecule has 0 saturated carbocycles. The summed E-state index contributed by atoms with van der Waals surface area (Å²) in [5.74, 6) is 2.06. The largest absolute Gasteiger partial charge is 0.334 e. The maximum atomic E-state index is 5.97. The van der Waals surface area contributed by atoms with Crippen LogP contribution < -0.4 is 10.6 Å². The molecule has 2 N–H and O–H groups in total. The molecule has 6 heteroatoms. The van der Waals surface area contributed by atoms with E-state index < -0.39 is 0 Å². The van der Waals surface area contributed by atoms with Crippen molar-refractivity contribution in [2.75, 3.05) is 10.6 Å². The van der Waals surface area contributed by atoms with Gasteiger partial charge in [-0.05, 0) is 43.2 Å². The number of benzene rings is 1. The smallest absolute Gasteiger partial charge is 0.175 e. The van der Waals surface area contributed by atoms with E-state index in [0.717, 1.165) is 16.7 Å². The van der Waals surface area contributed by atoms with Crippen LogP contribution in [-0.4, -0.2) is 15.0 Å². The number of hydrogen-bond donors (Lipinski definition) is 2. The Hall–Kier alpha value is -2.40. The lowest BCUT2D eigenvalue weighted by atomic mass is 10.1. The Labute approximate surface area is 126 Å². The number of aryl methyl sites for hydroxylation is 2. The third-order valence-corrected chi connectivity index (χ3v) is 3.83. The van der Waals surface area contributed by atoms with Crippen molar-refractivity contribution < 1.29 is 0 Å². The number of anilines is 4. The number of rotatable bonds is 0. The van der Waals surface area contributed by atoms with Crippen molar-refractivity contribution in [2.24, 2.45) is 0 Å². The zero-order valence-corrected chi connectivity index (χ0v) is 12.3. The summed E-state index contributed by atoms with van der Waals surface area (Å²) in [6.45, 7) is 4.14. The fourth-order valence-electron chi connectivity index (χ4n) is 2.36. The summed E-state index contributed by atoms with van der Waals surface area (Å²) >= 11 is 5.97. The molecule has 0 bridgehead atoms. The second-order valence-corrected chi connectivity index (χ2v) is 5.58. The van der Waals surface area contributed by atoms with E-state index in [1.165, 1.54) is 11.1 Å². The molecule has 0 saturated heterocycles. The third kappa shape index (κ3) is 1.97. The molecule has 1 aliphatic heterocycles. The first-order valence-corrected chi connectivity index (χ1v) is 6.96. The summed E-state index contributed by atoms with van der Waals surface area (Å²) in [6.07, 6.45) is 1.60. The molecular formula is C15H12ClN5. The Bertz CT molecular complexity index is 891. The molecule has 3 aromatic rings. The SMILES string of the molecule is Cc1cc2nc3c(nc2cc1C)Nc1ncc(Cl)cc1N3. The first-order chi connectivity index (χ1) is 10.1. The van der Waals surface area contributed by atoms with Gasteiger partial charge in [-0.25, -0.2) is 15.0 Å². The minimum atomic E-state index is 0.576. The van der Waals surface area contributed by atoms with Gasteiger partial charge in [-0.1, -0.05) is 11.6 Å². The number of pyridine rings is 1. The van der Waals surface area contributed by atoms with Crippen LogP contribution >= 0.6 is 11.6 Å². The molecule has 1 aromatic carbocycles. The lowest BCUT2D eigenvalue weighted by Gasteiger charge is -2.20. The molecule has 0 aliphatic carbocycles. The van der Waals surface area contributed by atoms with Gasteiger partial charge >= 0.3 is 0 Å². The van der Waals surface area contributed by atoms with Crippen LogP contribution in [0.3, 0.4) is 0 Å². The number of aromatic nitrogens is 3. The molecule has 3 heterocycles. The normalized spacial score (nSPS) is 12.3. The van der Waals surface area contributed by atoms with E-state index in [9.17, 15) is 0 Å². The molecule has 5 nitrogen and oxygen atoms in total. The highest BCUT2D eigenvalue weighted by molar-refractivity contribution is 6.30. The van der Waals surface area contributed by atoms with E-state index in [-0.39, 0.29) is 0 Å². The predicted molar refractivity (Wildman–Crippen MR) is 84.8 cm³/mol. The summed E-state index contributed by atoms with van der Waals surface area (Å²) in [5, 5.41) is 6.99. The molecule has 2 aromatic heterocycles. The molecule has 1 aliphatic rings. The van der Waals surface area contributed by atoms with Gasteiger partial charge in [0.15, 0.2) is 17.5 Å². The van der Waals surface area contributed by atoms with E-state index in [2.05, 4.69) is 39.4 Å². The zero-order chi connectivity index (χ0) is 14.6. The Morgan fingerprint density at radius 3 is 2.14 bits per heavy atom. The van der Waals surface area contributed by atoms with Crippen molar-refractivity contribution in [3.63, 3.8) is 0 Å². The van der Waals surface area contributed by atoms with Gasteiger partial charge in [-0.2, -0.15) is 0 Å². The number of nitrogens with zero attached hydrogens (tertiary/aromatic N) is 3. The van der Waals surface area contributed by atoms with Crippen LogP contribution in [0.1, 0.15) is 11.1 Å². The summed E-state index contributed by atoms with van der Waals surface area (Å²) in [6, 6.07) is 5.90. The minimum Gasteiger partial charge on any atom is -0.334 e. The van der Waals surface area contributed by atoms with Crippen LogP contribution in [0.5, 0.6) is 0 Å². The molecule has 0 amide bonds. The maximum absolute atomic E-state index is 5.97. The van der Waals surface area contributed by atoms with Crippen LogP contribution in [0, 0.1) is 13.8 Å². The van der Waals surface area contributed by atoms with Crippen molar-refractivity contribution in [2.45, 2.75) is 13.8 Å². The third-order valence-electron chi connectivity index (χ3n) is 3.62. The Morgan fingerprint density at radius 1 is 0.857 bits per heavy atom. The van der Waals surface area contributed by atoms with Crippen LogP contribution in [0.25, 0.3) is 11.0 Å². The van der Waals surface area contributed by atoms with Crippen molar-refractivity contribution in [3.05, 3.63) is 40.5 Å². The molecule has 0 fully saturated rings. The molecule has 0 atom stereocenters. The highest BCUT2D eigenvalue weighted by Crippen LogP contribution is 2.36. The number of hydrogen-bond acceptors (Lipinski definition) is 5. The average molecular weight is 298 g/mol. The van der Waals surface area contributed by atoms with E-state index >= 15 is 0 Å². The molecule has 21 heavy (non-hydrogen) atoms. The number of halogens is 1. The van der Waals surface area contributed by atoms with Gasteiger partial charge in [0.25, 0.3) is 0 Å². The van der Waals surface area contributed by atoms with Crippen LogP contribution in [0.4, 0.5) is 23.1 Å². The van der Waals surface area contributed by atoms with Gasteiger partial charge in [0, 0.05) is 6.20 Å². The van der Waals surface area contributed by atoms with E-state index in [1.807, 2.05) is 18.2 Å². The highest BCUT2D eigenvalue weighted by Gasteiger charge is 2.19. The average Bonchev–Trinajstić information content (AvgIpc) is 2.45. The summed E-state index contributed by atoms with van der Waals surface area (Å²) < 4.78 is 0. The van der Waals surface area contributed by atoms with E-state index in [4.69, 9.17) is 11.6 Å².